The summed E-state index contributed by atoms with van der Waals surface area (Å²) in [6, 6.07) is 8.19. The van der Waals surface area contributed by atoms with Gasteiger partial charge in [-0.15, -0.1) is 24.0 Å². The number of halogens is 1. The van der Waals surface area contributed by atoms with Crippen molar-refractivity contribution in [1.82, 2.24) is 9.78 Å². The first-order valence-corrected chi connectivity index (χ1v) is 7.29. The highest BCUT2D eigenvalue weighted by atomic mass is 127. The topological polar surface area (TPSA) is 68.2 Å². The van der Waals surface area contributed by atoms with Crippen molar-refractivity contribution in [3.05, 3.63) is 47.3 Å². The molecule has 22 heavy (non-hydrogen) atoms. The largest absolute Gasteiger partial charge is 0.370 e. The average Bonchev–Trinajstić information content (AvgIpc) is 2.85. The maximum Gasteiger partial charge on any atom is 0.193 e. The molecule has 0 amide bonds. The van der Waals surface area contributed by atoms with E-state index < -0.39 is 0 Å². The van der Waals surface area contributed by atoms with Crippen molar-refractivity contribution in [3.8, 4) is 0 Å². The molecular formula is C16H24IN5. The second-order valence-electron chi connectivity index (χ2n) is 5.01. The van der Waals surface area contributed by atoms with Gasteiger partial charge in [0, 0.05) is 24.5 Å². The number of aromatic nitrogens is 2. The second kappa shape index (κ2) is 8.77. The van der Waals surface area contributed by atoms with Crippen LogP contribution in [0.5, 0.6) is 0 Å². The summed E-state index contributed by atoms with van der Waals surface area (Å²) in [5.41, 5.74) is 10.4. The number of aliphatic imine (C=N–C) groups is 1. The molecule has 2 rings (SSSR count). The Labute approximate surface area is 149 Å². The van der Waals surface area contributed by atoms with E-state index in [1.165, 1.54) is 5.56 Å². The highest BCUT2D eigenvalue weighted by Gasteiger charge is 2.05. The van der Waals surface area contributed by atoms with Crippen LogP contribution in [0.2, 0.25) is 0 Å². The molecule has 3 N–H and O–H groups in total. The molecule has 0 aliphatic rings. The molecule has 1 aromatic heterocycles. The first kappa shape index (κ1) is 18.5. The van der Waals surface area contributed by atoms with Crippen LogP contribution in [0.15, 0.2) is 35.5 Å². The number of nitrogens with one attached hydrogen (secondary N) is 1. The fourth-order valence-electron chi connectivity index (χ4n) is 2.24. The van der Waals surface area contributed by atoms with Gasteiger partial charge in [-0.2, -0.15) is 5.10 Å². The number of benzene rings is 1. The number of hydrogen-bond donors (Lipinski definition) is 2. The molecule has 0 aliphatic carbocycles. The molecule has 1 heterocycles. The molecule has 0 unspecified atom stereocenters. The molecule has 0 radical (unpaired) electrons. The summed E-state index contributed by atoms with van der Waals surface area (Å²) in [6.45, 7) is 4.77. The van der Waals surface area contributed by atoms with Crippen LogP contribution in [0.3, 0.4) is 0 Å². The fourth-order valence-corrected chi connectivity index (χ4v) is 2.24. The van der Waals surface area contributed by atoms with Gasteiger partial charge in [-0.25, -0.2) is 4.99 Å². The van der Waals surface area contributed by atoms with Crippen LogP contribution in [0.25, 0.3) is 0 Å². The van der Waals surface area contributed by atoms with Gasteiger partial charge in [0.2, 0.25) is 0 Å². The lowest BCUT2D eigenvalue weighted by molar-refractivity contribution is 0.746. The third-order valence-electron chi connectivity index (χ3n) is 3.35. The van der Waals surface area contributed by atoms with Crippen molar-refractivity contribution in [2.75, 3.05) is 5.32 Å². The highest BCUT2D eigenvalue weighted by Crippen LogP contribution is 2.11. The highest BCUT2D eigenvalue weighted by molar-refractivity contribution is 14.0. The molecule has 2 aromatic rings. The van der Waals surface area contributed by atoms with E-state index in [9.17, 15) is 0 Å². The minimum atomic E-state index is 0. The molecular weight excluding hydrogens is 389 g/mol. The number of nitrogens with zero attached hydrogens (tertiary/aromatic N) is 3. The Morgan fingerprint density at radius 1 is 1.32 bits per heavy atom. The smallest absolute Gasteiger partial charge is 0.193 e. The normalized spacial score (nSPS) is 11.1. The van der Waals surface area contributed by atoms with Crippen LogP contribution < -0.4 is 11.1 Å². The van der Waals surface area contributed by atoms with Crippen molar-refractivity contribution in [2.45, 2.75) is 33.2 Å². The third-order valence-corrected chi connectivity index (χ3v) is 3.35. The van der Waals surface area contributed by atoms with Gasteiger partial charge < -0.3 is 11.1 Å². The Hall–Kier alpha value is -1.57. The van der Waals surface area contributed by atoms with Gasteiger partial charge in [-0.1, -0.05) is 26.0 Å². The lowest BCUT2D eigenvalue weighted by atomic mass is 10.1. The van der Waals surface area contributed by atoms with Gasteiger partial charge in [0.25, 0.3) is 0 Å². The molecule has 0 spiro atoms. The number of guanidine groups is 1. The molecule has 0 saturated heterocycles. The summed E-state index contributed by atoms with van der Waals surface area (Å²) in [7, 11) is 1.92. The SMILES string of the molecule is CCc1cccc(NC(N)=NCc2cn(C)nc2CC)c1.I. The lowest BCUT2D eigenvalue weighted by Crippen LogP contribution is -2.22. The lowest BCUT2D eigenvalue weighted by Gasteiger charge is -2.07. The van der Waals surface area contributed by atoms with E-state index in [1.54, 1.807) is 0 Å². The minimum Gasteiger partial charge on any atom is -0.370 e. The van der Waals surface area contributed by atoms with Crippen molar-refractivity contribution < 1.29 is 0 Å². The van der Waals surface area contributed by atoms with Gasteiger partial charge >= 0.3 is 0 Å². The van der Waals surface area contributed by atoms with Gasteiger partial charge in [-0.3, -0.25) is 4.68 Å². The molecule has 0 atom stereocenters. The zero-order valence-corrected chi connectivity index (χ0v) is 15.7. The number of anilines is 1. The minimum absolute atomic E-state index is 0. The van der Waals surface area contributed by atoms with E-state index in [0.29, 0.717) is 12.5 Å². The van der Waals surface area contributed by atoms with E-state index in [-0.39, 0.29) is 24.0 Å². The maximum atomic E-state index is 5.96. The summed E-state index contributed by atoms with van der Waals surface area (Å²) in [4.78, 5) is 4.40. The van der Waals surface area contributed by atoms with E-state index >= 15 is 0 Å². The first-order chi connectivity index (χ1) is 10.1. The Bertz CT molecular complexity index is 633. The summed E-state index contributed by atoms with van der Waals surface area (Å²) in [5, 5.41) is 7.53. The number of hydrogen-bond acceptors (Lipinski definition) is 2. The predicted octanol–water partition coefficient (Wildman–Crippen LogP) is 3.09. The molecule has 0 aliphatic heterocycles. The summed E-state index contributed by atoms with van der Waals surface area (Å²) >= 11 is 0. The van der Waals surface area contributed by atoms with Crippen molar-refractivity contribution in [2.24, 2.45) is 17.8 Å². The molecule has 0 bridgehead atoms. The van der Waals surface area contributed by atoms with Crippen molar-refractivity contribution >= 4 is 35.6 Å². The van der Waals surface area contributed by atoms with Gasteiger partial charge in [0.15, 0.2) is 5.96 Å². The Morgan fingerprint density at radius 2 is 2.09 bits per heavy atom. The Morgan fingerprint density at radius 3 is 2.77 bits per heavy atom. The van der Waals surface area contributed by atoms with Crippen LogP contribution in [0.1, 0.15) is 30.7 Å². The zero-order valence-electron chi connectivity index (χ0n) is 13.3. The number of nitrogens with two attached hydrogens (primary N) is 1. The van der Waals surface area contributed by atoms with E-state index in [1.807, 2.05) is 30.1 Å². The van der Waals surface area contributed by atoms with E-state index in [4.69, 9.17) is 5.73 Å². The molecule has 0 saturated carbocycles. The van der Waals surface area contributed by atoms with Crippen molar-refractivity contribution in [3.63, 3.8) is 0 Å². The summed E-state index contributed by atoms with van der Waals surface area (Å²) in [5.74, 6) is 0.425. The zero-order chi connectivity index (χ0) is 15.2. The molecule has 1 aromatic carbocycles. The standard InChI is InChI=1S/C16H23N5.HI/c1-4-12-7-6-8-14(9-12)19-16(17)18-10-13-11-21(3)20-15(13)5-2;/h6-9,11H,4-5,10H2,1-3H3,(H3,17,18,19);1H. The quantitative estimate of drug-likeness (QED) is 0.450. The van der Waals surface area contributed by atoms with Gasteiger partial charge in [-0.05, 0) is 30.5 Å². The van der Waals surface area contributed by atoms with Crippen LogP contribution in [-0.2, 0) is 26.4 Å². The van der Waals surface area contributed by atoms with Crippen LogP contribution >= 0.6 is 24.0 Å². The monoisotopic (exact) mass is 413 g/mol. The van der Waals surface area contributed by atoms with Crippen LogP contribution in [0, 0.1) is 0 Å². The van der Waals surface area contributed by atoms with Gasteiger partial charge in [0.1, 0.15) is 0 Å². The maximum absolute atomic E-state index is 5.96. The Balaban J connectivity index is 0.00000242. The third kappa shape index (κ3) is 5.01. The van der Waals surface area contributed by atoms with Crippen LogP contribution in [-0.4, -0.2) is 15.7 Å². The first-order valence-electron chi connectivity index (χ1n) is 7.29. The predicted molar refractivity (Wildman–Crippen MR) is 103 cm³/mol. The van der Waals surface area contributed by atoms with Gasteiger partial charge in [0.05, 0.1) is 12.2 Å². The number of rotatable bonds is 5. The Kier molecular flexibility index (Phi) is 7.37. The van der Waals surface area contributed by atoms with Crippen molar-refractivity contribution in [1.29, 1.82) is 0 Å². The fraction of sp³-hybridized carbons (Fsp3) is 0.375. The summed E-state index contributed by atoms with van der Waals surface area (Å²) in [6.07, 6.45) is 3.90. The van der Waals surface area contributed by atoms with E-state index in [0.717, 1.165) is 29.8 Å². The molecule has 0 fully saturated rings. The molecule has 5 nitrogen and oxygen atoms in total. The van der Waals surface area contributed by atoms with E-state index in [2.05, 4.69) is 41.4 Å². The molecule has 6 heteroatoms. The summed E-state index contributed by atoms with van der Waals surface area (Å²) < 4.78 is 1.82. The second-order valence-corrected chi connectivity index (χ2v) is 5.01. The van der Waals surface area contributed by atoms with Crippen LogP contribution in [0.4, 0.5) is 5.69 Å². The average molecular weight is 413 g/mol. The number of aryl methyl sites for hydroxylation is 3. The molecule has 120 valence electrons.